The molecule has 126 heavy (non-hydrogen) atoms. The number of aromatic hydroxyl groups is 1. The predicted molar refractivity (Wildman–Crippen MR) is 504 cm³/mol. The number of phenolic OH excluding ortho intramolecular Hbond substituents is 1. The maximum atomic E-state index is 12.0. The third-order valence-electron chi connectivity index (χ3n) is 22.2. The van der Waals surface area contributed by atoms with Gasteiger partial charge in [0.1, 0.15) is 87.7 Å². The molecule has 11 atom stereocenters. The average Bonchev–Trinajstić information content (AvgIpc) is 0.794. The van der Waals surface area contributed by atoms with E-state index in [0.29, 0.717) is 69.1 Å². The summed E-state index contributed by atoms with van der Waals surface area (Å²) < 4.78 is 60.2. The quantitative estimate of drug-likeness (QED) is 0.0452. The number of Topliss-reactive ketones (excluding diaryl/α,β-unsaturated/α-hetero) is 1. The van der Waals surface area contributed by atoms with Crippen molar-refractivity contribution < 1.29 is 93.4 Å². The number of hydrogen-bond donors (Lipinski definition) is 5. The third-order valence-corrected chi connectivity index (χ3v) is 22.2. The summed E-state index contributed by atoms with van der Waals surface area (Å²) in [5, 5.41) is 28.8. The molecule has 663 valence electrons. The van der Waals surface area contributed by atoms with Gasteiger partial charge in [-0.2, -0.15) is 0 Å². The summed E-state index contributed by atoms with van der Waals surface area (Å²) in [5.74, 6) is 11.0. The van der Waals surface area contributed by atoms with E-state index < -0.39 is 6.10 Å². The molecule has 3 radical (unpaired) electrons. The van der Waals surface area contributed by atoms with E-state index >= 15 is 0 Å². The number of aliphatic hydroxyl groups is 1. The van der Waals surface area contributed by atoms with Gasteiger partial charge in [-0.05, 0) is 199 Å². The Balaban J connectivity index is 0.000000205. The number of halogens is 1. The van der Waals surface area contributed by atoms with Gasteiger partial charge >= 0.3 is 29.6 Å². The zero-order valence-electron chi connectivity index (χ0n) is 77.0. The van der Waals surface area contributed by atoms with Crippen LogP contribution < -0.4 is 92.9 Å². The van der Waals surface area contributed by atoms with E-state index in [0.717, 1.165) is 158 Å². The fourth-order valence-corrected chi connectivity index (χ4v) is 15.8. The monoisotopic (exact) mass is 1740 g/mol. The zero-order valence-corrected chi connectivity index (χ0v) is 78.8. The van der Waals surface area contributed by atoms with Crippen molar-refractivity contribution in [1.82, 2.24) is 30.7 Å². The molecule has 22 heteroatoms. The number of carbonyl (C=O) groups is 1. The van der Waals surface area contributed by atoms with Gasteiger partial charge in [-0.1, -0.05) is 194 Å². The van der Waals surface area contributed by atoms with Gasteiger partial charge in [0, 0.05) is 105 Å². The number of fused-ring (bicyclic) bond motifs is 6. The number of nitrogens with one attached hydrogen (secondary N) is 3. The van der Waals surface area contributed by atoms with E-state index in [2.05, 4.69) is 122 Å². The van der Waals surface area contributed by atoms with Gasteiger partial charge in [-0.3, -0.25) is 4.79 Å². The van der Waals surface area contributed by atoms with Crippen LogP contribution in [0, 0.1) is 70.1 Å². The van der Waals surface area contributed by atoms with Gasteiger partial charge in [-0.15, -0.1) is 12.4 Å². The van der Waals surface area contributed by atoms with E-state index in [1.54, 1.807) is 6.07 Å². The van der Waals surface area contributed by atoms with Crippen LogP contribution >= 0.6 is 12.4 Å². The van der Waals surface area contributed by atoms with Crippen LogP contribution in [0.3, 0.4) is 0 Å². The molecule has 0 saturated heterocycles. The average molecular weight is 1740 g/mol. The number of ketones is 1. The van der Waals surface area contributed by atoms with E-state index in [1.807, 2.05) is 267 Å². The van der Waals surface area contributed by atoms with Crippen LogP contribution in [0.25, 0.3) is 0 Å². The van der Waals surface area contributed by atoms with Crippen molar-refractivity contribution in [1.29, 1.82) is 0 Å². The number of aliphatic hydroxyl groups excluding tert-OH is 1. The van der Waals surface area contributed by atoms with Crippen LogP contribution in [-0.2, 0) is 0 Å². The molecule has 0 amide bonds. The Kier molecular flexibility index (Phi) is 41.6. The van der Waals surface area contributed by atoms with Crippen molar-refractivity contribution in [2.75, 3.05) is 142 Å². The predicted octanol–water partition coefficient (Wildman–Crippen LogP) is 15.3. The second-order valence-electron chi connectivity index (χ2n) is 32.8. The molecule has 5 N–H and O–H groups in total. The number of phenols is 1. The van der Waals surface area contributed by atoms with Crippen molar-refractivity contribution in [3.05, 3.63) is 328 Å². The summed E-state index contributed by atoms with van der Waals surface area (Å²) in [7, 11) is 18.0. The first-order valence-electron chi connectivity index (χ1n) is 42.7. The van der Waals surface area contributed by atoms with Crippen LogP contribution in [0.1, 0.15) is 97.9 Å². The Morgan fingerprint density at radius 2 is 0.587 bits per heavy atom. The first kappa shape index (κ1) is 101. The van der Waals surface area contributed by atoms with E-state index in [-0.39, 0.29) is 93.8 Å². The molecular weight excluding hydrogens is 1610 g/mol. The minimum atomic E-state index is -0.405. The number of carbonyl (C=O) groups excluding carboxylic acids is 1. The van der Waals surface area contributed by atoms with E-state index in [9.17, 15) is 9.90 Å². The third kappa shape index (κ3) is 28.5. The van der Waals surface area contributed by atoms with Gasteiger partial charge in [0.05, 0.1) is 57.2 Å². The number of hydrogen-bond acceptors (Lipinski definition) is 19. The van der Waals surface area contributed by atoms with Crippen molar-refractivity contribution in [3.63, 3.8) is 0 Å². The van der Waals surface area contributed by atoms with Crippen LogP contribution in [-0.4, -0.2) is 181 Å². The first-order valence-corrected chi connectivity index (χ1v) is 42.7. The molecule has 0 aromatic heterocycles. The Bertz CT molecular complexity index is 4830. The number of rotatable bonds is 20. The summed E-state index contributed by atoms with van der Waals surface area (Å²) >= 11 is 0. The van der Waals surface area contributed by atoms with Gasteiger partial charge in [0.25, 0.3) is 0 Å². The smallest absolute Gasteiger partial charge is 1.00 e. The minimum absolute atomic E-state index is 0. The Morgan fingerprint density at radius 3 is 0.905 bits per heavy atom. The fourth-order valence-electron chi connectivity index (χ4n) is 15.8. The van der Waals surface area contributed by atoms with Gasteiger partial charge in [-0.25, -0.2) is 0 Å². The number of para-hydroxylation sites is 11. The second-order valence-corrected chi connectivity index (χ2v) is 32.8. The van der Waals surface area contributed by atoms with Crippen LogP contribution in [0.2, 0.25) is 0 Å². The van der Waals surface area contributed by atoms with Gasteiger partial charge < -0.3 is 89.7 Å². The van der Waals surface area contributed by atoms with Crippen molar-refractivity contribution in [2.24, 2.45) is 35.5 Å². The molecule has 6 heterocycles. The van der Waals surface area contributed by atoms with Gasteiger partial charge in [0.15, 0.2) is 5.78 Å². The molecule has 11 aromatic carbocycles. The largest absolute Gasteiger partial charge is 1.00 e. The van der Waals surface area contributed by atoms with Crippen molar-refractivity contribution in [2.45, 2.75) is 65.1 Å². The van der Waals surface area contributed by atoms with Crippen LogP contribution in [0.15, 0.2) is 267 Å². The molecule has 0 spiro atoms. The normalized spacial score (nSPS) is 19.7. The van der Waals surface area contributed by atoms with Crippen molar-refractivity contribution in [3.8, 4) is 63.2 Å². The topological polar surface area (TPSA) is 196 Å². The number of benzene rings is 11. The van der Waals surface area contributed by atoms with Crippen LogP contribution in [0.5, 0.6) is 63.2 Å². The number of aryl methyl sites for hydroxylation is 5. The SMILES string of the molecule is CN(C)CC1COc2ccccc2C1=O.CN(C)C[C@H]1COc2ccccc2[C@@H]1O.CNC[C@@H]1COc2ccccc2[C@H]1Oc1ccccc1C.CNC[C@H]1COc2ccccc2[C@@H]1Oc1ccccc1C.CNC[C@H]1COc2ccccc2[C@@H]1Oc1ccccc1C.Cc1ccccc1O.Cc1ccccc1O[C@H]1c2ccccc2OC[C@@H]1CN(C)C.Cl.[B].[H-].[Na+]. The Hall–Kier alpha value is -10.0. The molecule has 0 aliphatic carbocycles. The summed E-state index contributed by atoms with van der Waals surface area (Å²) in [4.78, 5) is 18.3. The molecule has 0 saturated carbocycles. The maximum Gasteiger partial charge on any atom is 1.00 e. The standard InChI is InChI=1S/C19H23NO2.3C18H21NO2.C12H17NO2.C12H15NO2.C7H8O.B.ClH.Na.H/c1-14-8-4-6-10-17(14)22-19-15(12-20(2)3)13-21-18-11-7-5-9-16(18)19;3*1-13-7-3-5-9-16(13)21-18-14(11-19-2)12-20-17-10-6-4-8-15(17)18;2*1-13(2)7-9-8-15-11-6-4-3-5-10(11)12(9)14;1-6-4-2-3-5-7(6)8;;;;/h4-11,15,19H,12-13H2,1-3H3;3*3-10,14,18-19H,11-12H2,1-2H3;3-6,9,12,14H,7-8H2,1-2H3;3-6,9H,7-8H2,1-2H3;2-5,8H,1H3;;1H;;/q;;;;;;;;;+1;-1/t15-,19+;3*14-,18+;9-,12+;;;;;;/m01000....../s1. The molecule has 6 aliphatic heterocycles. The Labute approximate surface area is 779 Å². The van der Waals surface area contributed by atoms with E-state index in [4.69, 9.17) is 52.5 Å². The number of nitrogens with zero attached hydrogens (tertiary/aromatic N) is 3. The zero-order chi connectivity index (χ0) is 87.2. The molecule has 11 aromatic rings. The van der Waals surface area contributed by atoms with Crippen molar-refractivity contribution >= 4 is 26.6 Å². The summed E-state index contributed by atoms with van der Waals surface area (Å²) in [6.45, 7) is 19.1. The molecule has 1 unspecified atom stereocenters. The fraction of sp³-hybridized carbons (Fsp3) is 0.356. The minimum Gasteiger partial charge on any atom is -1.00 e. The summed E-state index contributed by atoms with van der Waals surface area (Å²) in [6, 6.07) is 87.7. The summed E-state index contributed by atoms with van der Waals surface area (Å²) in [5.41, 5.74) is 11.7. The maximum absolute atomic E-state index is 12.0. The molecule has 17 rings (SSSR count). The first-order chi connectivity index (χ1) is 59.7. The summed E-state index contributed by atoms with van der Waals surface area (Å²) in [6.07, 6.45) is -0.332. The molecule has 0 fully saturated rings. The Morgan fingerprint density at radius 1 is 0.333 bits per heavy atom. The molecule has 6 aliphatic rings. The van der Waals surface area contributed by atoms with Crippen LogP contribution in [0.4, 0.5) is 0 Å². The second kappa shape index (κ2) is 51.7. The molecule has 19 nitrogen and oxygen atoms in total. The van der Waals surface area contributed by atoms with E-state index in [1.165, 1.54) is 0 Å². The number of ether oxygens (including phenoxy) is 10. The molecular formula is C104H128BClN6NaO13. The van der Waals surface area contributed by atoms with Gasteiger partial charge in [0.2, 0.25) is 0 Å². The molecule has 0 bridgehead atoms.